The molecule has 7 heteroatoms. The first-order chi connectivity index (χ1) is 8.06. The van der Waals surface area contributed by atoms with Gasteiger partial charge in [-0.25, -0.2) is 10.2 Å². The number of carbonyl (C=O) groups is 2. The molecule has 0 spiro atoms. The molecule has 0 aliphatic carbocycles. The van der Waals surface area contributed by atoms with Crippen LogP contribution in [0.15, 0.2) is 18.2 Å². The van der Waals surface area contributed by atoms with Crippen LogP contribution in [0.5, 0.6) is 0 Å². The molecule has 5 nitrogen and oxygen atoms in total. The van der Waals surface area contributed by atoms with Gasteiger partial charge >= 0.3 is 6.03 Å². The lowest BCUT2D eigenvalue weighted by molar-refractivity contribution is -0.121. The second kappa shape index (κ2) is 4.91. The van der Waals surface area contributed by atoms with E-state index in [1.807, 2.05) is 0 Å². The van der Waals surface area contributed by atoms with Crippen molar-refractivity contribution in [1.29, 1.82) is 0 Å². The number of urea groups is 1. The van der Waals surface area contributed by atoms with E-state index < -0.39 is 6.03 Å². The Balaban J connectivity index is 2.10. The lowest BCUT2D eigenvalue weighted by Crippen LogP contribution is -2.58. The van der Waals surface area contributed by atoms with Gasteiger partial charge in [0.1, 0.15) is 0 Å². The molecule has 2 N–H and O–H groups in total. The molecular weight excluding hydrogens is 265 g/mol. The number of rotatable bonds is 2. The molecule has 1 aliphatic heterocycles. The lowest BCUT2D eigenvalue weighted by Gasteiger charge is -2.27. The molecular formula is C10H9Cl2N3O2. The monoisotopic (exact) mass is 273 g/mol. The Morgan fingerprint density at radius 3 is 2.71 bits per heavy atom. The average molecular weight is 274 g/mol. The first kappa shape index (κ1) is 12.2. The quantitative estimate of drug-likeness (QED) is 0.860. The molecule has 1 aliphatic rings. The third-order valence-electron chi connectivity index (χ3n) is 2.27. The number of halogens is 2. The van der Waals surface area contributed by atoms with E-state index in [2.05, 4.69) is 10.7 Å². The zero-order valence-electron chi connectivity index (χ0n) is 8.67. The topological polar surface area (TPSA) is 61.4 Å². The fourth-order valence-corrected chi connectivity index (χ4v) is 1.89. The van der Waals surface area contributed by atoms with Crippen LogP contribution in [0.4, 0.5) is 4.79 Å². The molecule has 2 rings (SSSR count). The summed E-state index contributed by atoms with van der Waals surface area (Å²) in [6.45, 7) is 0.325. The fourth-order valence-electron chi connectivity index (χ4n) is 1.42. The summed E-state index contributed by atoms with van der Waals surface area (Å²) in [4.78, 5) is 22.4. The molecule has 17 heavy (non-hydrogen) atoms. The van der Waals surface area contributed by atoms with Crippen LogP contribution in [0.2, 0.25) is 10.0 Å². The number of carbonyl (C=O) groups excluding carboxylic acids is 2. The number of nitrogens with zero attached hydrogens (tertiary/aromatic N) is 1. The van der Waals surface area contributed by atoms with Crippen LogP contribution in [0.25, 0.3) is 0 Å². The van der Waals surface area contributed by atoms with Crippen molar-refractivity contribution in [3.63, 3.8) is 0 Å². The number of benzene rings is 1. The Labute approximate surface area is 108 Å². The summed E-state index contributed by atoms with van der Waals surface area (Å²) in [6, 6.07) is 4.53. The van der Waals surface area contributed by atoms with Crippen molar-refractivity contribution < 1.29 is 9.59 Å². The van der Waals surface area contributed by atoms with Crippen LogP contribution < -0.4 is 10.7 Å². The second-order valence-electron chi connectivity index (χ2n) is 3.51. The van der Waals surface area contributed by atoms with Crippen molar-refractivity contribution >= 4 is 35.1 Å². The minimum Gasteiger partial charge on any atom is -0.276 e. The van der Waals surface area contributed by atoms with Gasteiger partial charge in [0.25, 0.3) is 0 Å². The Bertz CT molecular complexity index is 479. The van der Waals surface area contributed by atoms with Gasteiger partial charge in [0.05, 0.1) is 13.1 Å². The van der Waals surface area contributed by atoms with Crippen molar-refractivity contribution in [3.05, 3.63) is 33.8 Å². The maximum absolute atomic E-state index is 11.4. The van der Waals surface area contributed by atoms with Gasteiger partial charge in [0.15, 0.2) is 0 Å². The van der Waals surface area contributed by atoms with Crippen LogP contribution in [0, 0.1) is 0 Å². The van der Waals surface area contributed by atoms with Crippen molar-refractivity contribution in [3.8, 4) is 0 Å². The van der Waals surface area contributed by atoms with Crippen molar-refractivity contribution in [1.82, 2.24) is 15.8 Å². The maximum Gasteiger partial charge on any atom is 0.338 e. The molecule has 90 valence electrons. The van der Waals surface area contributed by atoms with E-state index in [-0.39, 0.29) is 19.0 Å². The first-order valence-electron chi connectivity index (χ1n) is 4.85. The smallest absolute Gasteiger partial charge is 0.276 e. The van der Waals surface area contributed by atoms with E-state index in [4.69, 9.17) is 23.2 Å². The Kier molecular flexibility index (Phi) is 3.51. The number of hydrogen-bond acceptors (Lipinski definition) is 3. The summed E-state index contributed by atoms with van der Waals surface area (Å²) >= 11 is 11.8. The van der Waals surface area contributed by atoms with Crippen LogP contribution >= 0.6 is 23.2 Å². The number of nitrogens with one attached hydrogen (secondary N) is 2. The van der Waals surface area contributed by atoms with Gasteiger partial charge in [0.2, 0.25) is 5.91 Å². The predicted molar refractivity (Wildman–Crippen MR) is 63.5 cm³/mol. The third kappa shape index (κ3) is 2.88. The SMILES string of the molecule is O=C1CNN(Cc2ccc(Cl)cc2Cl)C(=O)N1. The molecule has 0 saturated carbocycles. The molecule has 1 fully saturated rings. The maximum atomic E-state index is 11.4. The summed E-state index contributed by atoms with van der Waals surface area (Å²) in [7, 11) is 0. The summed E-state index contributed by atoms with van der Waals surface area (Å²) in [6.07, 6.45) is 0. The molecule has 0 atom stereocenters. The van der Waals surface area contributed by atoms with Crippen LogP contribution in [-0.4, -0.2) is 23.5 Å². The van der Waals surface area contributed by atoms with Gasteiger partial charge in [-0.2, -0.15) is 0 Å². The van der Waals surface area contributed by atoms with Gasteiger partial charge < -0.3 is 0 Å². The third-order valence-corrected chi connectivity index (χ3v) is 2.85. The summed E-state index contributed by atoms with van der Waals surface area (Å²) < 4.78 is 0. The Morgan fingerprint density at radius 2 is 2.06 bits per heavy atom. The molecule has 1 aromatic rings. The minimum atomic E-state index is -0.493. The Morgan fingerprint density at radius 1 is 1.29 bits per heavy atom. The molecule has 0 unspecified atom stereocenters. The number of hydrogen-bond donors (Lipinski definition) is 2. The highest BCUT2D eigenvalue weighted by Gasteiger charge is 2.23. The van der Waals surface area contributed by atoms with Gasteiger partial charge in [-0.05, 0) is 17.7 Å². The van der Waals surface area contributed by atoms with Crippen LogP contribution in [-0.2, 0) is 11.3 Å². The largest absolute Gasteiger partial charge is 0.338 e. The molecule has 1 heterocycles. The second-order valence-corrected chi connectivity index (χ2v) is 4.35. The first-order valence-corrected chi connectivity index (χ1v) is 5.60. The highest BCUT2D eigenvalue weighted by atomic mass is 35.5. The number of hydrazine groups is 1. The molecule has 1 aromatic carbocycles. The number of imide groups is 1. The summed E-state index contributed by atoms with van der Waals surface area (Å²) in [5.41, 5.74) is 3.43. The zero-order valence-corrected chi connectivity index (χ0v) is 10.2. The van der Waals surface area contributed by atoms with Gasteiger partial charge in [0, 0.05) is 10.0 Å². The highest BCUT2D eigenvalue weighted by Crippen LogP contribution is 2.22. The molecule has 0 aromatic heterocycles. The normalized spacial score (nSPS) is 16.0. The predicted octanol–water partition coefficient (Wildman–Crippen LogP) is 1.55. The highest BCUT2D eigenvalue weighted by molar-refractivity contribution is 6.35. The van der Waals surface area contributed by atoms with E-state index in [9.17, 15) is 9.59 Å². The van der Waals surface area contributed by atoms with Gasteiger partial charge in [-0.3, -0.25) is 15.1 Å². The average Bonchev–Trinajstić information content (AvgIpc) is 2.25. The summed E-state index contributed by atoms with van der Waals surface area (Å²) in [5.74, 6) is -0.353. The molecule has 3 amide bonds. The Hall–Kier alpha value is -1.30. The standard InChI is InChI=1S/C10H9Cl2N3O2/c11-7-2-1-6(8(12)3-7)5-15-10(17)14-9(16)4-13-15/h1-3,13H,4-5H2,(H,14,16,17). The summed E-state index contributed by atoms with van der Waals surface area (Å²) in [5, 5.41) is 4.49. The lowest BCUT2D eigenvalue weighted by atomic mass is 10.2. The molecule has 0 bridgehead atoms. The van der Waals surface area contributed by atoms with Gasteiger partial charge in [-0.1, -0.05) is 29.3 Å². The minimum absolute atomic E-state index is 0.0664. The van der Waals surface area contributed by atoms with Gasteiger partial charge in [-0.15, -0.1) is 0 Å². The zero-order chi connectivity index (χ0) is 12.4. The van der Waals surface area contributed by atoms with E-state index in [1.54, 1.807) is 18.2 Å². The molecule has 0 radical (unpaired) electrons. The fraction of sp³-hybridized carbons (Fsp3) is 0.200. The van der Waals surface area contributed by atoms with Crippen molar-refractivity contribution in [2.75, 3.05) is 6.54 Å². The van der Waals surface area contributed by atoms with E-state index in [1.165, 1.54) is 5.01 Å². The van der Waals surface area contributed by atoms with Crippen molar-refractivity contribution in [2.45, 2.75) is 6.54 Å². The van der Waals surface area contributed by atoms with Crippen LogP contribution in [0.3, 0.4) is 0 Å². The number of amides is 3. The van der Waals surface area contributed by atoms with E-state index in [0.29, 0.717) is 10.0 Å². The molecule has 1 saturated heterocycles. The van der Waals surface area contributed by atoms with E-state index in [0.717, 1.165) is 5.56 Å². The van der Waals surface area contributed by atoms with E-state index >= 15 is 0 Å². The van der Waals surface area contributed by atoms with Crippen LogP contribution in [0.1, 0.15) is 5.56 Å². The van der Waals surface area contributed by atoms with Crippen molar-refractivity contribution in [2.24, 2.45) is 0 Å².